The average Bonchev–Trinajstić information content (AvgIpc) is 3.19. The molecule has 0 amide bonds. The predicted octanol–water partition coefficient (Wildman–Crippen LogP) is 3.63. The van der Waals surface area contributed by atoms with Gasteiger partial charge in [-0.15, -0.1) is 0 Å². The number of benzene rings is 1. The molecule has 25 heavy (non-hydrogen) atoms. The second-order valence-corrected chi connectivity index (χ2v) is 7.21. The SMILES string of the molecule is c1cc(CN2CCCCC2CN2CCOCC2)cc(-c2ccco2)c1. The Morgan fingerprint density at radius 3 is 2.76 bits per heavy atom. The Labute approximate surface area is 150 Å². The molecule has 2 aliphatic heterocycles. The normalized spacial score (nSPS) is 23.0. The van der Waals surface area contributed by atoms with Crippen molar-refractivity contribution in [2.24, 2.45) is 0 Å². The minimum atomic E-state index is 0.666. The number of rotatable bonds is 5. The molecule has 0 saturated carbocycles. The Hall–Kier alpha value is -1.62. The molecular weight excluding hydrogens is 312 g/mol. The maximum atomic E-state index is 5.55. The molecule has 4 heteroatoms. The Morgan fingerprint density at radius 1 is 1.00 bits per heavy atom. The van der Waals surface area contributed by atoms with Crippen molar-refractivity contribution < 1.29 is 9.15 Å². The zero-order valence-corrected chi connectivity index (χ0v) is 14.9. The number of piperidine rings is 1. The summed E-state index contributed by atoms with van der Waals surface area (Å²) < 4.78 is 11.0. The maximum Gasteiger partial charge on any atom is 0.133 e. The van der Waals surface area contributed by atoms with Crippen LogP contribution in [-0.2, 0) is 11.3 Å². The first-order valence-corrected chi connectivity index (χ1v) is 9.55. The van der Waals surface area contributed by atoms with Gasteiger partial charge in [0.05, 0.1) is 19.5 Å². The Balaban J connectivity index is 1.43. The molecule has 0 aliphatic carbocycles. The Morgan fingerprint density at radius 2 is 1.92 bits per heavy atom. The first-order chi connectivity index (χ1) is 12.4. The molecule has 1 atom stereocenters. The summed E-state index contributed by atoms with van der Waals surface area (Å²) in [5.41, 5.74) is 2.55. The number of furan rings is 1. The molecule has 4 nitrogen and oxygen atoms in total. The fraction of sp³-hybridized carbons (Fsp3) is 0.524. The molecule has 2 aliphatic rings. The fourth-order valence-electron chi connectivity index (χ4n) is 4.06. The van der Waals surface area contributed by atoms with Crippen molar-refractivity contribution in [3.05, 3.63) is 48.2 Å². The van der Waals surface area contributed by atoms with Gasteiger partial charge in [0.15, 0.2) is 0 Å². The van der Waals surface area contributed by atoms with Crippen molar-refractivity contribution in [1.82, 2.24) is 9.80 Å². The number of nitrogens with zero attached hydrogens (tertiary/aromatic N) is 2. The van der Waals surface area contributed by atoms with Gasteiger partial charge >= 0.3 is 0 Å². The first-order valence-electron chi connectivity index (χ1n) is 9.55. The fourth-order valence-corrected chi connectivity index (χ4v) is 4.06. The van der Waals surface area contributed by atoms with Gasteiger partial charge in [-0.2, -0.15) is 0 Å². The van der Waals surface area contributed by atoms with Crippen LogP contribution in [0.4, 0.5) is 0 Å². The molecule has 0 spiro atoms. The van der Waals surface area contributed by atoms with Crippen molar-refractivity contribution in [3.8, 4) is 11.3 Å². The number of ether oxygens (including phenoxy) is 1. The molecule has 2 saturated heterocycles. The maximum absolute atomic E-state index is 5.55. The van der Waals surface area contributed by atoms with Gasteiger partial charge < -0.3 is 9.15 Å². The van der Waals surface area contributed by atoms with Crippen LogP contribution in [0.2, 0.25) is 0 Å². The molecule has 3 heterocycles. The molecule has 4 rings (SSSR count). The summed E-state index contributed by atoms with van der Waals surface area (Å²) in [5, 5.41) is 0. The van der Waals surface area contributed by atoms with Crippen molar-refractivity contribution in [2.45, 2.75) is 31.8 Å². The van der Waals surface area contributed by atoms with Gasteiger partial charge in [-0.25, -0.2) is 0 Å². The molecule has 0 bridgehead atoms. The quantitative estimate of drug-likeness (QED) is 0.831. The smallest absolute Gasteiger partial charge is 0.133 e. The highest BCUT2D eigenvalue weighted by Crippen LogP contribution is 2.24. The molecule has 0 radical (unpaired) electrons. The molecular formula is C21H28N2O2. The Kier molecular flexibility index (Phi) is 5.50. The van der Waals surface area contributed by atoms with E-state index in [0.29, 0.717) is 6.04 Å². The topological polar surface area (TPSA) is 28.9 Å². The van der Waals surface area contributed by atoms with E-state index in [1.807, 2.05) is 12.1 Å². The van der Waals surface area contributed by atoms with E-state index < -0.39 is 0 Å². The van der Waals surface area contributed by atoms with Gasteiger partial charge in [0.1, 0.15) is 5.76 Å². The van der Waals surface area contributed by atoms with Crippen LogP contribution in [0, 0.1) is 0 Å². The van der Waals surface area contributed by atoms with E-state index in [4.69, 9.17) is 9.15 Å². The summed E-state index contributed by atoms with van der Waals surface area (Å²) >= 11 is 0. The third kappa shape index (κ3) is 4.32. The third-order valence-electron chi connectivity index (χ3n) is 5.44. The number of hydrogen-bond donors (Lipinski definition) is 0. The lowest BCUT2D eigenvalue weighted by Gasteiger charge is -2.39. The number of likely N-dealkylation sites (tertiary alicyclic amines) is 1. The molecule has 134 valence electrons. The largest absolute Gasteiger partial charge is 0.464 e. The monoisotopic (exact) mass is 340 g/mol. The van der Waals surface area contributed by atoms with E-state index in [9.17, 15) is 0 Å². The second kappa shape index (κ2) is 8.17. The van der Waals surface area contributed by atoms with Gasteiger partial charge in [-0.1, -0.05) is 24.6 Å². The zero-order chi connectivity index (χ0) is 16.9. The van der Waals surface area contributed by atoms with Crippen molar-refractivity contribution in [2.75, 3.05) is 39.4 Å². The minimum absolute atomic E-state index is 0.666. The summed E-state index contributed by atoms with van der Waals surface area (Å²) in [6.07, 6.45) is 5.73. The van der Waals surface area contributed by atoms with Crippen molar-refractivity contribution >= 4 is 0 Å². The zero-order valence-electron chi connectivity index (χ0n) is 14.9. The van der Waals surface area contributed by atoms with Gasteiger partial charge in [0.2, 0.25) is 0 Å². The molecule has 2 fully saturated rings. The van der Waals surface area contributed by atoms with E-state index in [2.05, 4.69) is 34.1 Å². The standard InChI is InChI=1S/C21H28N2O2/c1-2-9-23(20(7-1)17-22-10-13-24-14-11-22)16-18-5-3-6-19(15-18)21-8-4-12-25-21/h3-6,8,12,15,20H,1-2,7,9-11,13-14,16-17H2. The Bertz CT molecular complexity index is 650. The van der Waals surface area contributed by atoms with E-state index >= 15 is 0 Å². The summed E-state index contributed by atoms with van der Waals surface area (Å²) in [5.74, 6) is 0.949. The van der Waals surface area contributed by atoms with Crippen LogP contribution >= 0.6 is 0 Å². The predicted molar refractivity (Wildman–Crippen MR) is 99.5 cm³/mol. The van der Waals surface area contributed by atoms with Crippen LogP contribution in [0.3, 0.4) is 0 Å². The highest BCUT2D eigenvalue weighted by atomic mass is 16.5. The lowest BCUT2D eigenvalue weighted by Crippen LogP contribution is -2.49. The van der Waals surface area contributed by atoms with E-state index in [1.54, 1.807) is 6.26 Å². The van der Waals surface area contributed by atoms with Gasteiger partial charge in [0.25, 0.3) is 0 Å². The van der Waals surface area contributed by atoms with Crippen LogP contribution in [0.15, 0.2) is 47.1 Å². The molecule has 1 aromatic carbocycles. The highest BCUT2D eigenvalue weighted by Gasteiger charge is 2.25. The van der Waals surface area contributed by atoms with Crippen LogP contribution in [0.5, 0.6) is 0 Å². The summed E-state index contributed by atoms with van der Waals surface area (Å²) in [7, 11) is 0. The minimum Gasteiger partial charge on any atom is -0.464 e. The molecule has 0 N–H and O–H groups in total. The van der Waals surface area contributed by atoms with Crippen LogP contribution in [0.25, 0.3) is 11.3 Å². The van der Waals surface area contributed by atoms with Crippen molar-refractivity contribution in [1.29, 1.82) is 0 Å². The summed E-state index contributed by atoms with van der Waals surface area (Å²) in [6, 6.07) is 13.4. The van der Waals surface area contributed by atoms with Gasteiger partial charge in [-0.3, -0.25) is 9.80 Å². The summed E-state index contributed by atoms with van der Waals surface area (Å²) in [6.45, 7) is 7.36. The van der Waals surface area contributed by atoms with E-state index in [1.165, 1.54) is 43.5 Å². The summed E-state index contributed by atoms with van der Waals surface area (Å²) in [4.78, 5) is 5.26. The van der Waals surface area contributed by atoms with Crippen LogP contribution < -0.4 is 0 Å². The second-order valence-electron chi connectivity index (χ2n) is 7.21. The third-order valence-corrected chi connectivity index (χ3v) is 5.44. The first kappa shape index (κ1) is 16.8. The number of morpholine rings is 1. The molecule has 1 unspecified atom stereocenters. The van der Waals surface area contributed by atoms with Crippen LogP contribution in [-0.4, -0.2) is 55.2 Å². The molecule has 1 aromatic heterocycles. The van der Waals surface area contributed by atoms with Gasteiger partial charge in [0, 0.05) is 37.8 Å². The van der Waals surface area contributed by atoms with Crippen molar-refractivity contribution in [3.63, 3.8) is 0 Å². The lowest BCUT2D eigenvalue weighted by atomic mass is 9.99. The number of hydrogen-bond acceptors (Lipinski definition) is 4. The highest BCUT2D eigenvalue weighted by molar-refractivity contribution is 5.58. The molecule has 2 aromatic rings. The van der Waals surface area contributed by atoms with Gasteiger partial charge in [-0.05, 0) is 43.1 Å². The lowest BCUT2D eigenvalue weighted by molar-refractivity contribution is 0.0153. The van der Waals surface area contributed by atoms with E-state index in [0.717, 1.165) is 38.6 Å². The van der Waals surface area contributed by atoms with E-state index in [-0.39, 0.29) is 0 Å². The van der Waals surface area contributed by atoms with Crippen LogP contribution in [0.1, 0.15) is 24.8 Å². The average molecular weight is 340 g/mol.